The quantitative estimate of drug-likeness (QED) is 0.345. The topological polar surface area (TPSA) is 84.9 Å². The molecular weight excluding hydrogens is 533 g/mol. The van der Waals surface area contributed by atoms with Crippen molar-refractivity contribution in [3.8, 4) is 5.75 Å². The third-order valence-corrected chi connectivity index (χ3v) is 6.40. The molecule has 6 nitrogen and oxygen atoms in total. The van der Waals surface area contributed by atoms with Crippen molar-refractivity contribution in [2.75, 3.05) is 7.11 Å². The second-order valence-electron chi connectivity index (χ2n) is 8.79. The minimum Gasteiger partial charge on any atom is -0.489 e. The number of halogens is 2. The van der Waals surface area contributed by atoms with Crippen molar-refractivity contribution in [1.82, 2.24) is 5.32 Å². The molecule has 1 aliphatic carbocycles. The fourth-order valence-electron chi connectivity index (χ4n) is 4.17. The summed E-state index contributed by atoms with van der Waals surface area (Å²) in [6.07, 6.45) is 7.78. The Labute approximate surface area is 236 Å². The van der Waals surface area contributed by atoms with Crippen molar-refractivity contribution in [2.45, 2.75) is 19.1 Å². The lowest BCUT2D eigenvalue weighted by Crippen LogP contribution is -2.26. The summed E-state index contributed by atoms with van der Waals surface area (Å²) >= 11 is 6.00. The molecular formula is C32H27ClFNO5. The van der Waals surface area contributed by atoms with Gasteiger partial charge in [0.05, 0.1) is 12.1 Å². The number of nitrogens with one attached hydrogen (secondary N) is 1. The molecule has 8 heteroatoms. The summed E-state index contributed by atoms with van der Waals surface area (Å²) in [7, 11) is 1.00. The van der Waals surface area contributed by atoms with Crippen LogP contribution >= 0.6 is 11.6 Å². The Morgan fingerprint density at radius 3 is 2.35 bits per heavy atom. The van der Waals surface area contributed by atoms with Crippen molar-refractivity contribution in [3.05, 3.63) is 142 Å². The van der Waals surface area contributed by atoms with Gasteiger partial charge in [0.1, 0.15) is 24.3 Å². The Morgan fingerprint density at radius 1 is 1.00 bits per heavy atom. The van der Waals surface area contributed by atoms with Crippen LogP contribution in [0.15, 0.2) is 114 Å². The number of aldehydes is 1. The van der Waals surface area contributed by atoms with Crippen molar-refractivity contribution in [2.24, 2.45) is 0 Å². The molecule has 0 bridgehead atoms. The van der Waals surface area contributed by atoms with E-state index in [9.17, 15) is 14.0 Å². The summed E-state index contributed by atoms with van der Waals surface area (Å²) in [4.78, 5) is 24.6. The Bertz CT molecular complexity index is 1470. The number of hydrogen-bond donors (Lipinski definition) is 2. The first kappa shape index (κ1) is 28.5. The molecule has 1 unspecified atom stereocenters. The molecule has 0 radical (unpaired) electrons. The van der Waals surface area contributed by atoms with Crippen LogP contribution in [0.25, 0.3) is 5.57 Å². The van der Waals surface area contributed by atoms with Crippen LogP contribution in [0.2, 0.25) is 5.02 Å². The lowest BCUT2D eigenvalue weighted by molar-refractivity contribution is -0.119. The second kappa shape index (κ2) is 13.6. The van der Waals surface area contributed by atoms with Gasteiger partial charge < -0.3 is 19.9 Å². The Kier molecular flexibility index (Phi) is 9.67. The van der Waals surface area contributed by atoms with E-state index in [1.165, 1.54) is 12.1 Å². The zero-order valence-corrected chi connectivity index (χ0v) is 22.4. The Balaban J connectivity index is 0.00000181. The van der Waals surface area contributed by atoms with Gasteiger partial charge in [0.15, 0.2) is 12.0 Å². The molecule has 2 aliphatic rings. The molecule has 40 heavy (non-hydrogen) atoms. The summed E-state index contributed by atoms with van der Waals surface area (Å²) in [5.41, 5.74) is 4.63. The zero-order valence-electron chi connectivity index (χ0n) is 21.6. The molecule has 3 aromatic rings. The number of amides is 1. The van der Waals surface area contributed by atoms with Gasteiger partial charge in [0.25, 0.3) is 0 Å². The fourth-order valence-corrected chi connectivity index (χ4v) is 4.29. The first-order valence-electron chi connectivity index (χ1n) is 12.4. The third-order valence-electron chi connectivity index (χ3n) is 6.14. The molecule has 0 spiro atoms. The lowest BCUT2D eigenvalue weighted by Gasteiger charge is -2.10. The minimum absolute atomic E-state index is 0.0899. The Morgan fingerprint density at radius 2 is 1.68 bits per heavy atom. The molecule has 0 fully saturated rings. The molecule has 3 aromatic carbocycles. The van der Waals surface area contributed by atoms with Gasteiger partial charge in [-0.05, 0) is 64.7 Å². The molecule has 0 saturated heterocycles. The van der Waals surface area contributed by atoms with Gasteiger partial charge >= 0.3 is 0 Å². The summed E-state index contributed by atoms with van der Waals surface area (Å²) in [6.45, 7) is 0.307. The summed E-state index contributed by atoms with van der Waals surface area (Å²) in [6, 6.07) is 20.8. The van der Waals surface area contributed by atoms with Crippen LogP contribution < -0.4 is 10.1 Å². The van der Waals surface area contributed by atoms with E-state index in [4.69, 9.17) is 26.2 Å². The monoisotopic (exact) mass is 559 g/mol. The van der Waals surface area contributed by atoms with Gasteiger partial charge in [-0.15, -0.1) is 0 Å². The van der Waals surface area contributed by atoms with Gasteiger partial charge in [-0.2, -0.15) is 0 Å². The van der Waals surface area contributed by atoms with E-state index in [-0.39, 0.29) is 23.9 Å². The number of aliphatic hydroxyl groups is 1. The largest absolute Gasteiger partial charge is 0.489 e. The maximum atomic E-state index is 13.0. The molecule has 2 N–H and O–H groups in total. The van der Waals surface area contributed by atoms with Gasteiger partial charge in [0.2, 0.25) is 5.91 Å². The van der Waals surface area contributed by atoms with E-state index in [0.29, 0.717) is 34.9 Å². The maximum Gasteiger partial charge on any atom is 0.228 e. The number of ether oxygens (including phenoxy) is 2. The zero-order chi connectivity index (χ0) is 28.5. The van der Waals surface area contributed by atoms with Gasteiger partial charge in [-0.25, -0.2) is 4.39 Å². The van der Waals surface area contributed by atoms with E-state index in [1.54, 1.807) is 36.4 Å². The first-order valence-corrected chi connectivity index (χ1v) is 12.8. The number of aliphatic hydroxyl groups excluding tert-OH is 1. The molecule has 204 valence electrons. The molecule has 1 aliphatic heterocycles. The van der Waals surface area contributed by atoms with E-state index >= 15 is 0 Å². The van der Waals surface area contributed by atoms with Crippen LogP contribution in [0, 0.1) is 5.82 Å². The number of rotatable bonds is 8. The van der Waals surface area contributed by atoms with Crippen LogP contribution in [0.4, 0.5) is 4.39 Å². The van der Waals surface area contributed by atoms with Crippen molar-refractivity contribution < 1.29 is 28.6 Å². The third kappa shape index (κ3) is 7.14. The predicted molar refractivity (Wildman–Crippen MR) is 152 cm³/mol. The molecule has 1 amide bonds. The van der Waals surface area contributed by atoms with E-state index in [1.807, 2.05) is 48.6 Å². The number of benzene rings is 3. The van der Waals surface area contributed by atoms with Gasteiger partial charge in [0, 0.05) is 17.7 Å². The molecule has 1 atom stereocenters. The standard InChI is InChI=1S/C31H23ClFNO4.CH4O/c32-24-9-5-22(6-10-24)23-7-15-27-28(16-8-23)38-29(18-35)31(27)34-30(36)17-20-3-13-26(14-4-20)37-19-21-1-11-25(33)12-2-21;1-2/h1-16,18,28H,17,19H2,(H,34,36);2H,1H3. The lowest BCUT2D eigenvalue weighted by atomic mass is 10.1. The smallest absolute Gasteiger partial charge is 0.228 e. The number of fused-ring (bicyclic) bond motifs is 1. The molecule has 0 saturated carbocycles. The van der Waals surface area contributed by atoms with E-state index < -0.39 is 6.10 Å². The van der Waals surface area contributed by atoms with E-state index in [2.05, 4.69) is 5.32 Å². The highest BCUT2D eigenvalue weighted by Crippen LogP contribution is 2.33. The van der Waals surface area contributed by atoms with Crippen molar-refractivity contribution >= 4 is 29.4 Å². The fraction of sp³-hybridized carbons (Fsp3) is 0.125. The summed E-state index contributed by atoms with van der Waals surface area (Å²) in [5.74, 6) is 0.153. The van der Waals surface area contributed by atoms with E-state index in [0.717, 1.165) is 29.4 Å². The highest BCUT2D eigenvalue weighted by molar-refractivity contribution is 6.30. The number of carbonyl (C=O) groups excluding carboxylic acids is 2. The summed E-state index contributed by atoms with van der Waals surface area (Å²) in [5, 5.41) is 10.5. The van der Waals surface area contributed by atoms with Gasteiger partial charge in [-0.3, -0.25) is 9.59 Å². The molecule has 0 aromatic heterocycles. The number of allylic oxidation sites excluding steroid dienone is 5. The molecule has 1 heterocycles. The molecule has 5 rings (SSSR count). The average molecular weight is 560 g/mol. The van der Waals surface area contributed by atoms with Crippen LogP contribution in [-0.4, -0.2) is 30.5 Å². The average Bonchev–Trinajstić information content (AvgIpc) is 3.16. The van der Waals surface area contributed by atoms with Crippen LogP contribution in [0.3, 0.4) is 0 Å². The number of hydrogen-bond acceptors (Lipinski definition) is 5. The first-order chi connectivity index (χ1) is 19.5. The Hall–Kier alpha value is -4.46. The maximum absolute atomic E-state index is 13.0. The van der Waals surface area contributed by atoms with Crippen molar-refractivity contribution in [1.29, 1.82) is 0 Å². The van der Waals surface area contributed by atoms with Crippen LogP contribution in [0.1, 0.15) is 16.7 Å². The highest BCUT2D eigenvalue weighted by Gasteiger charge is 2.31. The predicted octanol–water partition coefficient (Wildman–Crippen LogP) is 5.71. The van der Waals surface area contributed by atoms with Crippen LogP contribution in [-0.2, 0) is 27.4 Å². The minimum atomic E-state index is -0.482. The van der Waals surface area contributed by atoms with Gasteiger partial charge in [-0.1, -0.05) is 66.2 Å². The normalized spacial score (nSPS) is 15.4. The number of carbonyl (C=O) groups is 2. The van der Waals surface area contributed by atoms with Crippen molar-refractivity contribution in [3.63, 3.8) is 0 Å². The van der Waals surface area contributed by atoms with Crippen LogP contribution in [0.5, 0.6) is 5.75 Å². The highest BCUT2D eigenvalue weighted by atomic mass is 35.5. The summed E-state index contributed by atoms with van der Waals surface area (Å²) < 4.78 is 24.6. The SMILES string of the molecule is CO.O=CC1=C(NC(=O)Cc2ccc(OCc3ccc(F)cc3)cc2)C2=CC=C(c3ccc(Cl)cc3)C=CC2O1. The second-order valence-corrected chi connectivity index (χ2v) is 9.23.